The Labute approximate surface area is 279 Å². The number of hydrogen-bond donors (Lipinski definition) is 2. The second-order valence-corrected chi connectivity index (χ2v) is 12.9. The summed E-state index contributed by atoms with van der Waals surface area (Å²) in [4.78, 5) is 53.7. The van der Waals surface area contributed by atoms with Crippen LogP contribution in [0.2, 0.25) is 0 Å². The van der Waals surface area contributed by atoms with E-state index in [1.807, 2.05) is 82.3 Å². The second-order valence-electron chi connectivity index (χ2n) is 12.9. The fraction of sp³-hybridized carbons (Fsp3) is 0.333. The number of nitrogens with zero attached hydrogens (tertiary/aromatic N) is 6. The molecule has 1 aliphatic rings. The first-order valence-electron chi connectivity index (χ1n) is 16.0. The van der Waals surface area contributed by atoms with Crippen molar-refractivity contribution < 1.29 is 19.1 Å². The largest absolute Gasteiger partial charge is 0.445 e. The summed E-state index contributed by atoms with van der Waals surface area (Å²) in [6.45, 7) is 8.34. The number of nitrogens with one attached hydrogen (secondary N) is 2. The molecular formula is C36H40N8O4. The Bertz CT molecular complexity index is 1850. The highest BCUT2D eigenvalue weighted by atomic mass is 16.6. The predicted octanol–water partition coefficient (Wildman–Crippen LogP) is 7.33. The Morgan fingerprint density at radius 1 is 0.896 bits per heavy atom. The Hall–Kier alpha value is -5.52. The summed E-state index contributed by atoms with van der Waals surface area (Å²) >= 11 is 0. The number of carbonyl (C=O) groups excluding carboxylic acids is 2. The monoisotopic (exact) mass is 648 g/mol. The maximum Gasteiger partial charge on any atom is 0.410 e. The minimum absolute atomic E-state index is 0.163. The average molecular weight is 649 g/mol. The molecule has 2 N–H and O–H groups in total. The minimum atomic E-state index is -0.557. The lowest BCUT2D eigenvalue weighted by molar-refractivity contribution is 0.0218. The first kappa shape index (κ1) is 32.4. The lowest BCUT2D eigenvalue weighted by Gasteiger charge is -2.27. The number of rotatable bonds is 8. The van der Waals surface area contributed by atoms with Gasteiger partial charge in [-0.25, -0.2) is 29.5 Å². The smallest absolute Gasteiger partial charge is 0.410 e. The lowest BCUT2D eigenvalue weighted by Crippen LogP contribution is -2.36. The van der Waals surface area contributed by atoms with Gasteiger partial charge in [-0.1, -0.05) is 54.6 Å². The van der Waals surface area contributed by atoms with Gasteiger partial charge in [-0.3, -0.25) is 4.90 Å². The van der Waals surface area contributed by atoms with Gasteiger partial charge in [0, 0.05) is 37.1 Å². The van der Waals surface area contributed by atoms with E-state index in [9.17, 15) is 9.59 Å². The number of aromatic nitrogens is 6. The number of likely N-dealkylation sites (tertiary alicyclic amines) is 1. The molecule has 0 saturated carbocycles. The zero-order valence-electron chi connectivity index (χ0n) is 27.8. The van der Waals surface area contributed by atoms with Crippen LogP contribution in [-0.2, 0) is 16.1 Å². The third-order valence-corrected chi connectivity index (χ3v) is 8.27. The molecule has 0 unspecified atom stereocenters. The number of imidazole rings is 2. The number of amides is 2. The fourth-order valence-electron chi connectivity index (χ4n) is 5.52. The van der Waals surface area contributed by atoms with E-state index in [2.05, 4.69) is 29.9 Å². The van der Waals surface area contributed by atoms with Gasteiger partial charge < -0.3 is 24.3 Å². The fourth-order valence-corrected chi connectivity index (χ4v) is 5.52. The third kappa shape index (κ3) is 7.38. The normalized spacial score (nSPS) is 15.3. The number of ether oxygens (including phenoxy) is 2. The quantitative estimate of drug-likeness (QED) is 0.178. The molecule has 1 aliphatic heterocycles. The van der Waals surface area contributed by atoms with Crippen molar-refractivity contribution in [2.75, 3.05) is 13.6 Å². The molecule has 2 amide bonds. The van der Waals surface area contributed by atoms with E-state index in [-0.39, 0.29) is 24.8 Å². The van der Waals surface area contributed by atoms with Crippen molar-refractivity contribution in [2.24, 2.45) is 0 Å². The van der Waals surface area contributed by atoms with E-state index in [4.69, 9.17) is 9.47 Å². The van der Waals surface area contributed by atoms with Gasteiger partial charge in [-0.2, -0.15) is 0 Å². The lowest BCUT2D eigenvalue weighted by atomic mass is 10.1. The van der Waals surface area contributed by atoms with Crippen LogP contribution in [0.3, 0.4) is 0 Å². The molecule has 248 valence electrons. The summed E-state index contributed by atoms with van der Waals surface area (Å²) in [6, 6.07) is 17.0. The highest BCUT2D eigenvalue weighted by Gasteiger charge is 2.35. The number of aromatic amines is 2. The maximum absolute atomic E-state index is 12.7. The van der Waals surface area contributed by atoms with Crippen LogP contribution >= 0.6 is 0 Å². The van der Waals surface area contributed by atoms with Gasteiger partial charge in [-0.15, -0.1) is 0 Å². The molecule has 12 heteroatoms. The average Bonchev–Trinajstić information content (AvgIpc) is 3.88. The number of benzene rings is 2. The minimum Gasteiger partial charge on any atom is -0.445 e. The van der Waals surface area contributed by atoms with Gasteiger partial charge in [0.25, 0.3) is 0 Å². The van der Waals surface area contributed by atoms with Gasteiger partial charge in [0.2, 0.25) is 0 Å². The molecule has 6 rings (SSSR count). The molecule has 5 aromatic rings. The first-order chi connectivity index (χ1) is 23.1. The van der Waals surface area contributed by atoms with E-state index < -0.39 is 11.7 Å². The number of H-pyrrole nitrogens is 2. The molecule has 2 atom stereocenters. The van der Waals surface area contributed by atoms with E-state index in [0.717, 1.165) is 52.3 Å². The SMILES string of the molecule is C[C@@H](c1ncc(-c2ccc(-c3ncc(-c4cnc([C@H]5CCCN5C(=O)OC(C)(C)C)[nH]4)cn3)cc2)[nH]1)N(C)C(=O)OCc1ccccc1. The highest BCUT2D eigenvalue weighted by Crippen LogP contribution is 2.33. The van der Waals surface area contributed by atoms with Crippen molar-refractivity contribution in [2.45, 2.75) is 64.8 Å². The standard InChI is InChI=1S/C36H40N8O4/c1-23(43(5)34(45)47-22-24-10-7-6-8-11-24)31-39-20-28(41-31)25-13-15-26(16-14-25)32-37-18-27(19-38-32)29-21-40-33(42-29)30-12-9-17-44(30)35(46)48-36(2,3)4/h6-8,10-11,13-16,18-21,23,30H,9,12,17,22H2,1-5H3,(H,39,41)(H,40,42)/t23-,30+/m0/s1. The molecule has 1 saturated heterocycles. The van der Waals surface area contributed by atoms with Gasteiger partial charge >= 0.3 is 12.2 Å². The van der Waals surface area contributed by atoms with Crippen LogP contribution < -0.4 is 0 Å². The Balaban J connectivity index is 1.07. The van der Waals surface area contributed by atoms with Crippen LogP contribution in [0.4, 0.5) is 9.59 Å². The molecule has 0 aliphatic carbocycles. The molecule has 48 heavy (non-hydrogen) atoms. The molecule has 1 fully saturated rings. The van der Waals surface area contributed by atoms with Crippen molar-refractivity contribution in [1.29, 1.82) is 0 Å². The van der Waals surface area contributed by atoms with Crippen molar-refractivity contribution in [3.63, 3.8) is 0 Å². The molecule has 12 nitrogen and oxygen atoms in total. The summed E-state index contributed by atoms with van der Waals surface area (Å²) in [5.41, 5.74) is 4.58. The molecule has 4 heterocycles. The van der Waals surface area contributed by atoms with E-state index in [0.29, 0.717) is 18.2 Å². The summed E-state index contributed by atoms with van der Waals surface area (Å²) < 4.78 is 11.1. The van der Waals surface area contributed by atoms with Gasteiger partial charge in [0.05, 0.1) is 35.9 Å². The number of hydrogen-bond acceptors (Lipinski definition) is 8. The zero-order valence-corrected chi connectivity index (χ0v) is 27.8. The summed E-state index contributed by atoms with van der Waals surface area (Å²) in [6.07, 6.45) is 7.98. The van der Waals surface area contributed by atoms with Crippen LogP contribution in [0.15, 0.2) is 79.4 Å². The zero-order chi connectivity index (χ0) is 33.8. The van der Waals surface area contributed by atoms with Crippen LogP contribution in [0.25, 0.3) is 33.9 Å². The van der Waals surface area contributed by atoms with Crippen molar-refractivity contribution in [1.82, 2.24) is 39.7 Å². The van der Waals surface area contributed by atoms with Gasteiger partial charge in [0.1, 0.15) is 23.9 Å². The Kier molecular flexibility index (Phi) is 9.24. The van der Waals surface area contributed by atoms with Crippen molar-refractivity contribution in [3.8, 4) is 33.9 Å². The van der Waals surface area contributed by atoms with E-state index in [1.165, 1.54) is 4.90 Å². The van der Waals surface area contributed by atoms with E-state index >= 15 is 0 Å². The third-order valence-electron chi connectivity index (χ3n) is 8.27. The van der Waals surface area contributed by atoms with Crippen LogP contribution in [0, 0.1) is 0 Å². The Morgan fingerprint density at radius 3 is 2.27 bits per heavy atom. The second kappa shape index (κ2) is 13.7. The van der Waals surface area contributed by atoms with E-state index in [1.54, 1.807) is 36.7 Å². The molecular weight excluding hydrogens is 608 g/mol. The summed E-state index contributed by atoms with van der Waals surface area (Å²) in [5, 5.41) is 0. The van der Waals surface area contributed by atoms with Crippen LogP contribution in [0.5, 0.6) is 0 Å². The molecule has 2 aromatic carbocycles. The highest BCUT2D eigenvalue weighted by molar-refractivity contribution is 5.70. The van der Waals surface area contributed by atoms with Crippen LogP contribution in [-0.4, -0.2) is 71.1 Å². The van der Waals surface area contributed by atoms with Crippen molar-refractivity contribution >= 4 is 12.2 Å². The summed E-state index contributed by atoms with van der Waals surface area (Å²) in [5.74, 6) is 1.96. The molecule has 0 radical (unpaired) electrons. The maximum atomic E-state index is 12.7. The molecule has 3 aromatic heterocycles. The Morgan fingerprint density at radius 2 is 1.56 bits per heavy atom. The number of carbonyl (C=O) groups is 2. The van der Waals surface area contributed by atoms with Gasteiger partial charge in [0.15, 0.2) is 5.82 Å². The topological polar surface area (TPSA) is 142 Å². The van der Waals surface area contributed by atoms with Crippen LogP contribution in [0.1, 0.15) is 69.8 Å². The van der Waals surface area contributed by atoms with Gasteiger partial charge in [-0.05, 0) is 51.7 Å². The molecule has 0 bridgehead atoms. The van der Waals surface area contributed by atoms with Crippen molar-refractivity contribution in [3.05, 3.63) is 96.6 Å². The summed E-state index contributed by atoms with van der Waals surface area (Å²) in [7, 11) is 1.70. The first-order valence-corrected chi connectivity index (χ1v) is 16.0. The predicted molar refractivity (Wildman–Crippen MR) is 180 cm³/mol. The molecule has 0 spiro atoms.